The number of ether oxygens (including phenoxy) is 1. The number of nitrogens with zero attached hydrogens (tertiary/aromatic N) is 2. The fourth-order valence-corrected chi connectivity index (χ4v) is 1.93. The minimum atomic E-state index is -1.60. The predicted molar refractivity (Wildman–Crippen MR) is 66.0 cm³/mol. The second-order valence-electron chi connectivity index (χ2n) is 4.16. The number of benzene rings is 1. The molecule has 8 heteroatoms. The smallest absolute Gasteiger partial charge is 0.294 e. The van der Waals surface area contributed by atoms with Crippen molar-refractivity contribution in [3.8, 4) is 5.69 Å². The monoisotopic (exact) mass is 287 g/mol. The molecule has 0 spiro atoms. The molecule has 0 saturated carbocycles. The minimum absolute atomic E-state index is 0.0523. The third-order valence-corrected chi connectivity index (χ3v) is 2.92. The fraction of sp³-hybridized carbons (Fsp3) is 0.250. The van der Waals surface area contributed by atoms with Crippen molar-refractivity contribution >= 4 is 5.69 Å². The van der Waals surface area contributed by atoms with Gasteiger partial charge in [-0.3, -0.25) is 9.48 Å². The summed E-state index contributed by atoms with van der Waals surface area (Å²) in [7, 11) is 2.89. The first kappa shape index (κ1) is 14.2. The molecule has 0 aliphatic carbocycles. The number of nitrogens with two attached hydrogens (primary N) is 1. The average Bonchev–Trinajstić information content (AvgIpc) is 2.60. The maximum Gasteiger partial charge on any atom is 0.294 e. The van der Waals surface area contributed by atoms with E-state index in [4.69, 9.17) is 10.5 Å². The van der Waals surface area contributed by atoms with Crippen LogP contribution in [0.1, 0.15) is 5.69 Å². The summed E-state index contributed by atoms with van der Waals surface area (Å²) in [6.45, 7) is 0.0523. The van der Waals surface area contributed by atoms with Crippen molar-refractivity contribution < 1.29 is 17.9 Å². The lowest BCUT2D eigenvalue weighted by atomic mass is 10.3. The van der Waals surface area contributed by atoms with Crippen LogP contribution in [-0.2, 0) is 18.4 Å². The summed E-state index contributed by atoms with van der Waals surface area (Å²) in [5.74, 6) is -4.37. The van der Waals surface area contributed by atoms with Gasteiger partial charge in [0.1, 0.15) is 5.69 Å². The molecule has 0 radical (unpaired) electrons. The van der Waals surface area contributed by atoms with E-state index in [0.717, 1.165) is 16.8 Å². The van der Waals surface area contributed by atoms with Crippen LogP contribution in [0.2, 0.25) is 0 Å². The van der Waals surface area contributed by atoms with Gasteiger partial charge >= 0.3 is 0 Å². The summed E-state index contributed by atoms with van der Waals surface area (Å²) in [4.78, 5) is 12.0. The highest BCUT2D eigenvalue weighted by molar-refractivity contribution is 5.45. The van der Waals surface area contributed by atoms with E-state index in [2.05, 4.69) is 0 Å². The van der Waals surface area contributed by atoms with Crippen molar-refractivity contribution in [2.75, 3.05) is 12.8 Å². The molecule has 108 valence electrons. The Morgan fingerprint density at radius 3 is 2.30 bits per heavy atom. The van der Waals surface area contributed by atoms with Crippen LogP contribution in [0.4, 0.5) is 18.9 Å². The van der Waals surface area contributed by atoms with Gasteiger partial charge in [0.15, 0.2) is 17.5 Å². The van der Waals surface area contributed by atoms with Crippen LogP contribution in [0, 0.1) is 17.5 Å². The normalized spacial score (nSPS) is 11.1. The number of hydrogen-bond acceptors (Lipinski definition) is 3. The first-order valence-electron chi connectivity index (χ1n) is 5.58. The lowest BCUT2D eigenvalue weighted by Gasteiger charge is -2.10. The number of aromatic nitrogens is 2. The number of rotatable bonds is 3. The third kappa shape index (κ3) is 2.07. The summed E-state index contributed by atoms with van der Waals surface area (Å²) >= 11 is 0. The Morgan fingerprint density at radius 1 is 1.25 bits per heavy atom. The Balaban J connectivity index is 2.71. The summed E-state index contributed by atoms with van der Waals surface area (Å²) in [6, 6.07) is 1.44. The molecule has 0 saturated heterocycles. The summed E-state index contributed by atoms with van der Waals surface area (Å²) in [5, 5.41) is 0. The van der Waals surface area contributed by atoms with Crippen LogP contribution in [0.3, 0.4) is 0 Å². The van der Waals surface area contributed by atoms with Gasteiger partial charge in [0.05, 0.1) is 18.0 Å². The highest BCUT2D eigenvalue weighted by Crippen LogP contribution is 2.18. The first-order chi connectivity index (χ1) is 9.38. The molecule has 0 atom stereocenters. The van der Waals surface area contributed by atoms with Crippen LogP contribution >= 0.6 is 0 Å². The average molecular weight is 287 g/mol. The van der Waals surface area contributed by atoms with Crippen LogP contribution in [0.15, 0.2) is 16.9 Å². The molecule has 0 aliphatic heterocycles. The number of halogens is 3. The SMILES string of the molecule is COCc1c(N)c(=O)n(-c2cc(F)c(F)c(F)c2)n1C. The summed E-state index contributed by atoms with van der Waals surface area (Å²) < 4.78 is 46.6. The van der Waals surface area contributed by atoms with Crippen molar-refractivity contribution in [1.29, 1.82) is 0 Å². The number of anilines is 1. The molecule has 0 fully saturated rings. The minimum Gasteiger partial charge on any atom is -0.393 e. The maximum absolute atomic E-state index is 13.2. The molecular formula is C12H12F3N3O2. The van der Waals surface area contributed by atoms with Gasteiger partial charge in [0.2, 0.25) is 0 Å². The fourth-order valence-electron chi connectivity index (χ4n) is 1.93. The molecule has 2 rings (SSSR count). The Hall–Kier alpha value is -2.22. The zero-order valence-corrected chi connectivity index (χ0v) is 10.8. The van der Waals surface area contributed by atoms with E-state index in [0.29, 0.717) is 5.69 Å². The summed E-state index contributed by atoms with van der Waals surface area (Å²) in [5.41, 5.74) is 5.06. The molecular weight excluding hydrogens is 275 g/mol. The molecule has 5 nitrogen and oxygen atoms in total. The Bertz CT molecular complexity index is 698. The van der Waals surface area contributed by atoms with Crippen LogP contribution in [0.25, 0.3) is 5.69 Å². The van der Waals surface area contributed by atoms with Gasteiger partial charge in [-0.1, -0.05) is 0 Å². The topological polar surface area (TPSA) is 62.2 Å². The quantitative estimate of drug-likeness (QED) is 0.866. The van der Waals surface area contributed by atoms with Crippen LogP contribution in [-0.4, -0.2) is 16.5 Å². The Labute approximate surface area is 112 Å². The molecule has 1 aromatic heterocycles. The zero-order valence-electron chi connectivity index (χ0n) is 10.8. The second-order valence-corrected chi connectivity index (χ2v) is 4.16. The zero-order chi connectivity index (χ0) is 15.0. The van der Waals surface area contributed by atoms with E-state index < -0.39 is 23.0 Å². The number of nitrogen functional groups attached to an aromatic ring is 1. The van der Waals surface area contributed by atoms with E-state index in [-0.39, 0.29) is 18.0 Å². The molecule has 20 heavy (non-hydrogen) atoms. The second kappa shape index (κ2) is 5.04. The van der Waals surface area contributed by atoms with Crippen LogP contribution < -0.4 is 11.3 Å². The van der Waals surface area contributed by atoms with Gasteiger partial charge in [0, 0.05) is 26.3 Å². The van der Waals surface area contributed by atoms with E-state index in [1.807, 2.05) is 0 Å². The maximum atomic E-state index is 13.2. The van der Waals surface area contributed by atoms with Gasteiger partial charge in [-0.15, -0.1) is 0 Å². The molecule has 1 heterocycles. The van der Waals surface area contributed by atoms with Crippen LogP contribution in [0.5, 0.6) is 0 Å². The molecule has 0 aliphatic rings. The van der Waals surface area contributed by atoms with E-state index in [9.17, 15) is 18.0 Å². The first-order valence-corrected chi connectivity index (χ1v) is 5.58. The number of methoxy groups -OCH3 is 1. The molecule has 1 aromatic carbocycles. The van der Waals surface area contributed by atoms with E-state index in [1.54, 1.807) is 0 Å². The molecule has 0 bridgehead atoms. The third-order valence-electron chi connectivity index (χ3n) is 2.92. The van der Waals surface area contributed by atoms with Gasteiger partial charge in [-0.25, -0.2) is 17.9 Å². The van der Waals surface area contributed by atoms with Gasteiger partial charge in [0.25, 0.3) is 5.56 Å². The van der Waals surface area contributed by atoms with E-state index in [1.165, 1.54) is 18.8 Å². The largest absolute Gasteiger partial charge is 0.393 e. The molecule has 0 amide bonds. The van der Waals surface area contributed by atoms with Crippen molar-refractivity contribution in [2.24, 2.45) is 7.05 Å². The van der Waals surface area contributed by atoms with Gasteiger partial charge < -0.3 is 10.5 Å². The van der Waals surface area contributed by atoms with Crippen molar-refractivity contribution in [1.82, 2.24) is 9.36 Å². The van der Waals surface area contributed by atoms with Crippen molar-refractivity contribution in [3.05, 3.63) is 45.6 Å². The van der Waals surface area contributed by atoms with E-state index >= 15 is 0 Å². The molecule has 2 aromatic rings. The Kier molecular flexibility index (Phi) is 3.58. The lowest BCUT2D eigenvalue weighted by molar-refractivity contribution is 0.177. The van der Waals surface area contributed by atoms with Gasteiger partial charge in [-0.05, 0) is 0 Å². The van der Waals surface area contributed by atoms with Gasteiger partial charge in [-0.2, -0.15) is 0 Å². The standard InChI is InChI=1S/C12H12F3N3O2/c1-17-9(5-20-2)11(16)12(19)18(17)6-3-7(13)10(15)8(14)4-6/h3-4H,5,16H2,1-2H3. The number of hydrogen-bond donors (Lipinski definition) is 1. The van der Waals surface area contributed by atoms with Crippen molar-refractivity contribution in [2.45, 2.75) is 6.61 Å². The van der Waals surface area contributed by atoms with Crippen molar-refractivity contribution in [3.63, 3.8) is 0 Å². The summed E-state index contributed by atoms with van der Waals surface area (Å²) in [6.07, 6.45) is 0. The molecule has 0 unspecified atom stereocenters. The lowest BCUT2D eigenvalue weighted by Crippen LogP contribution is -2.21. The molecule has 2 N–H and O–H groups in total. The Morgan fingerprint density at radius 2 is 1.80 bits per heavy atom. The predicted octanol–water partition coefficient (Wildman–Crippen LogP) is 1.32. The highest BCUT2D eigenvalue weighted by atomic mass is 19.2. The highest BCUT2D eigenvalue weighted by Gasteiger charge is 2.19.